The van der Waals surface area contributed by atoms with Crippen LogP contribution in [0.3, 0.4) is 0 Å². The number of hydrogen-bond donors (Lipinski definition) is 0. The Bertz CT molecular complexity index is 1480. The van der Waals surface area contributed by atoms with Crippen molar-refractivity contribution in [3.63, 3.8) is 0 Å². The van der Waals surface area contributed by atoms with Gasteiger partial charge >= 0.3 is 0 Å². The lowest BCUT2D eigenvalue weighted by molar-refractivity contribution is 0.787. The Morgan fingerprint density at radius 2 is 1.05 bits per heavy atom. The molecule has 0 fully saturated rings. The third-order valence-electron chi connectivity index (χ3n) is 6.69. The number of benzene rings is 5. The molecular formula is C36H33N. The van der Waals surface area contributed by atoms with E-state index in [0.717, 1.165) is 19.4 Å². The van der Waals surface area contributed by atoms with Gasteiger partial charge in [-0.1, -0.05) is 141 Å². The molecule has 1 heteroatoms. The van der Waals surface area contributed by atoms with Gasteiger partial charge in [0, 0.05) is 23.3 Å². The first kappa shape index (κ1) is 24.3. The van der Waals surface area contributed by atoms with Crippen molar-refractivity contribution in [1.29, 1.82) is 0 Å². The van der Waals surface area contributed by atoms with Crippen LogP contribution in [-0.2, 0) is 0 Å². The van der Waals surface area contributed by atoms with Crippen molar-refractivity contribution in [2.75, 3.05) is 11.4 Å². The fourth-order valence-electron chi connectivity index (χ4n) is 4.66. The molecule has 0 aliphatic carbocycles. The van der Waals surface area contributed by atoms with Crippen LogP contribution in [0.15, 0.2) is 121 Å². The first-order valence-corrected chi connectivity index (χ1v) is 13.2. The van der Waals surface area contributed by atoms with E-state index in [2.05, 4.69) is 151 Å². The summed E-state index contributed by atoms with van der Waals surface area (Å²) in [6, 6.07) is 43.2. The SMILES string of the molecule is CCCCN(c1ccc(/C=C/c2ccccc2)cc1)c1ccc(/C=C/c2ccccc2)c2ccccc12. The van der Waals surface area contributed by atoms with Crippen molar-refractivity contribution in [1.82, 2.24) is 0 Å². The largest absolute Gasteiger partial charge is 0.341 e. The Hall–Kier alpha value is -4.36. The Morgan fingerprint density at radius 3 is 1.68 bits per heavy atom. The first-order valence-electron chi connectivity index (χ1n) is 13.2. The van der Waals surface area contributed by atoms with Gasteiger partial charge in [0.15, 0.2) is 0 Å². The van der Waals surface area contributed by atoms with E-state index in [4.69, 9.17) is 0 Å². The van der Waals surface area contributed by atoms with Gasteiger partial charge in [-0.3, -0.25) is 0 Å². The van der Waals surface area contributed by atoms with E-state index in [1.54, 1.807) is 0 Å². The summed E-state index contributed by atoms with van der Waals surface area (Å²) in [7, 11) is 0. The molecule has 0 N–H and O–H groups in total. The summed E-state index contributed by atoms with van der Waals surface area (Å²) < 4.78 is 0. The van der Waals surface area contributed by atoms with Crippen LogP contribution in [-0.4, -0.2) is 6.54 Å². The van der Waals surface area contributed by atoms with Crippen molar-refractivity contribution in [3.05, 3.63) is 144 Å². The van der Waals surface area contributed by atoms with Gasteiger partial charge in [0.2, 0.25) is 0 Å². The number of nitrogens with zero attached hydrogens (tertiary/aromatic N) is 1. The van der Waals surface area contributed by atoms with Crippen molar-refractivity contribution < 1.29 is 0 Å². The van der Waals surface area contributed by atoms with Gasteiger partial charge in [0.25, 0.3) is 0 Å². The molecular weight excluding hydrogens is 446 g/mol. The van der Waals surface area contributed by atoms with Gasteiger partial charge in [-0.25, -0.2) is 0 Å². The van der Waals surface area contributed by atoms with E-state index in [1.807, 2.05) is 6.07 Å². The molecule has 0 heterocycles. The van der Waals surface area contributed by atoms with Gasteiger partial charge in [-0.15, -0.1) is 0 Å². The molecule has 0 radical (unpaired) electrons. The lowest BCUT2D eigenvalue weighted by Crippen LogP contribution is -2.18. The van der Waals surface area contributed by atoms with E-state index >= 15 is 0 Å². The van der Waals surface area contributed by atoms with Gasteiger partial charge in [0.1, 0.15) is 0 Å². The Kier molecular flexibility index (Phi) is 7.93. The predicted molar refractivity (Wildman–Crippen MR) is 163 cm³/mol. The molecule has 0 amide bonds. The highest BCUT2D eigenvalue weighted by Gasteiger charge is 2.13. The maximum Gasteiger partial charge on any atom is 0.0490 e. The highest BCUT2D eigenvalue weighted by Crippen LogP contribution is 2.35. The molecule has 0 bridgehead atoms. The fourth-order valence-corrected chi connectivity index (χ4v) is 4.66. The van der Waals surface area contributed by atoms with Crippen LogP contribution in [0.25, 0.3) is 35.1 Å². The third-order valence-corrected chi connectivity index (χ3v) is 6.69. The molecule has 0 aliphatic rings. The van der Waals surface area contributed by atoms with E-state index in [9.17, 15) is 0 Å². The van der Waals surface area contributed by atoms with Crippen LogP contribution < -0.4 is 4.90 Å². The monoisotopic (exact) mass is 479 g/mol. The van der Waals surface area contributed by atoms with E-state index in [-0.39, 0.29) is 0 Å². The van der Waals surface area contributed by atoms with Gasteiger partial charge < -0.3 is 4.90 Å². The minimum Gasteiger partial charge on any atom is -0.341 e. The topological polar surface area (TPSA) is 3.24 Å². The first-order chi connectivity index (χ1) is 18.3. The number of hydrogen-bond acceptors (Lipinski definition) is 1. The molecule has 0 saturated carbocycles. The quantitative estimate of drug-likeness (QED) is 0.190. The predicted octanol–water partition coefficient (Wildman–Crippen LogP) is 10.1. The zero-order valence-electron chi connectivity index (χ0n) is 21.4. The fraction of sp³-hybridized carbons (Fsp3) is 0.111. The lowest BCUT2D eigenvalue weighted by atomic mass is 10.0. The summed E-state index contributed by atoms with van der Waals surface area (Å²) >= 11 is 0. The zero-order valence-corrected chi connectivity index (χ0v) is 21.4. The van der Waals surface area contributed by atoms with Crippen molar-refractivity contribution in [2.24, 2.45) is 0 Å². The molecule has 0 aromatic heterocycles. The molecule has 0 aliphatic heterocycles. The van der Waals surface area contributed by atoms with Crippen molar-refractivity contribution in [3.8, 4) is 0 Å². The number of anilines is 2. The second-order valence-electron chi connectivity index (χ2n) is 9.30. The molecule has 0 atom stereocenters. The Labute approximate surface area is 221 Å². The standard InChI is InChI=1S/C36H33N/c1-2-3-28-37(33-25-21-31(22-26-33)19-18-29-12-6-4-7-13-29)36-27-24-32(34-16-10-11-17-35(34)36)23-20-30-14-8-5-9-15-30/h4-27H,2-3,28H2,1H3/b19-18+,23-20+. The minimum absolute atomic E-state index is 0.985. The molecule has 0 saturated heterocycles. The summed E-state index contributed by atoms with van der Waals surface area (Å²) in [5, 5.41) is 2.55. The summed E-state index contributed by atoms with van der Waals surface area (Å²) in [6.07, 6.45) is 11.1. The van der Waals surface area contributed by atoms with Gasteiger partial charge in [-0.05, 0) is 52.3 Å². The number of unbranched alkanes of at least 4 members (excludes halogenated alkanes) is 1. The van der Waals surface area contributed by atoms with Crippen molar-refractivity contribution in [2.45, 2.75) is 19.8 Å². The second kappa shape index (κ2) is 12.1. The number of fused-ring (bicyclic) bond motifs is 1. The summed E-state index contributed by atoms with van der Waals surface area (Å²) in [4.78, 5) is 2.47. The van der Waals surface area contributed by atoms with Crippen molar-refractivity contribution >= 4 is 46.5 Å². The van der Waals surface area contributed by atoms with Crippen LogP contribution in [0.4, 0.5) is 11.4 Å². The summed E-state index contributed by atoms with van der Waals surface area (Å²) in [5.74, 6) is 0. The zero-order chi connectivity index (χ0) is 25.3. The average Bonchev–Trinajstić information content (AvgIpc) is 2.97. The van der Waals surface area contributed by atoms with Gasteiger partial charge in [0.05, 0.1) is 0 Å². The highest BCUT2D eigenvalue weighted by atomic mass is 15.1. The average molecular weight is 480 g/mol. The molecule has 0 unspecified atom stereocenters. The van der Waals surface area contributed by atoms with Crippen LogP contribution in [0.1, 0.15) is 42.0 Å². The Morgan fingerprint density at radius 1 is 0.514 bits per heavy atom. The molecule has 37 heavy (non-hydrogen) atoms. The van der Waals surface area contributed by atoms with Crippen LogP contribution in [0, 0.1) is 0 Å². The van der Waals surface area contributed by atoms with E-state index in [1.165, 1.54) is 44.4 Å². The van der Waals surface area contributed by atoms with Crippen LogP contribution in [0.5, 0.6) is 0 Å². The van der Waals surface area contributed by atoms with Crippen LogP contribution >= 0.6 is 0 Å². The van der Waals surface area contributed by atoms with E-state index < -0.39 is 0 Å². The molecule has 5 rings (SSSR count). The smallest absolute Gasteiger partial charge is 0.0490 e. The maximum atomic E-state index is 2.47. The lowest BCUT2D eigenvalue weighted by Gasteiger charge is -2.27. The molecule has 0 spiro atoms. The van der Waals surface area contributed by atoms with Gasteiger partial charge in [-0.2, -0.15) is 0 Å². The Balaban J connectivity index is 1.47. The summed E-state index contributed by atoms with van der Waals surface area (Å²) in [6.45, 7) is 3.24. The number of rotatable bonds is 9. The summed E-state index contributed by atoms with van der Waals surface area (Å²) in [5.41, 5.74) is 7.34. The molecule has 5 aromatic carbocycles. The molecule has 5 aromatic rings. The molecule has 1 nitrogen and oxygen atoms in total. The maximum absolute atomic E-state index is 2.47. The van der Waals surface area contributed by atoms with Crippen LogP contribution in [0.2, 0.25) is 0 Å². The van der Waals surface area contributed by atoms with E-state index in [0.29, 0.717) is 0 Å². The highest BCUT2D eigenvalue weighted by molar-refractivity contribution is 6.01. The third kappa shape index (κ3) is 6.08. The minimum atomic E-state index is 0.985. The normalized spacial score (nSPS) is 11.5. The second-order valence-corrected chi connectivity index (χ2v) is 9.30. The molecule has 182 valence electrons.